The molecule has 0 saturated carbocycles. The first-order valence-electron chi connectivity index (χ1n) is 11.7. The molecule has 2 rings (SSSR count). The van der Waals surface area contributed by atoms with Crippen molar-refractivity contribution in [3.8, 4) is 0 Å². The largest absolute Gasteiger partial charge is 0.481 e. The van der Waals surface area contributed by atoms with Gasteiger partial charge in [-0.2, -0.15) is 0 Å². The second-order valence-corrected chi connectivity index (χ2v) is 12.8. The summed E-state index contributed by atoms with van der Waals surface area (Å²) in [4.78, 5) is 29.6. The molecule has 2 saturated heterocycles. The Balaban J connectivity index is 2.64. The van der Waals surface area contributed by atoms with Crippen molar-refractivity contribution >= 4 is 11.9 Å². The monoisotopic (exact) mass is 438 g/mol. The van der Waals surface area contributed by atoms with Crippen LogP contribution in [0.25, 0.3) is 0 Å². The van der Waals surface area contributed by atoms with Gasteiger partial charge in [-0.3, -0.25) is 19.4 Å². The van der Waals surface area contributed by atoms with Crippen molar-refractivity contribution in [2.24, 2.45) is 17.3 Å². The molecule has 0 aromatic heterocycles. The summed E-state index contributed by atoms with van der Waals surface area (Å²) in [7, 11) is 4.25. The van der Waals surface area contributed by atoms with Gasteiger partial charge in [-0.25, -0.2) is 0 Å². The zero-order valence-corrected chi connectivity index (χ0v) is 21.5. The van der Waals surface area contributed by atoms with E-state index in [-0.39, 0.29) is 46.8 Å². The van der Waals surface area contributed by atoms with Crippen LogP contribution in [0.3, 0.4) is 0 Å². The summed E-state index contributed by atoms with van der Waals surface area (Å²) in [5, 5.41) is 20.4. The molecule has 2 aliphatic heterocycles. The van der Waals surface area contributed by atoms with Gasteiger partial charge in [-0.1, -0.05) is 0 Å². The van der Waals surface area contributed by atoms with Crippen LogP contribution in [-0.4, -0.2) is 68.2 Å². The number of piperidine rings is 2. The fraction of sp³-hybridized carbons (Fsp3) is 0.920. The standard InChI is InChI=1S/C25H46N2O4/c1-21(2)13-17(14-22(3,4)26(21)9)25(20(30)31,12-11-19(28)29)18-15-23(5,6)27(10)24(7,8)16-18/h17-18H,11-16H2,1-10H3,(H,28,29)(H,30,31). The van der Waals surface area contributed by atoms with E-state index >= 15 is 0 Å². The molecule has 2 fully saturated rings. The molecular formula is C25H46N2O4. The average Bonchev–Trinajstić information content (AvgIpc) is 2.56. The molecule has 0 unspecified atom stereocenters. The molecule has 2 N–H and O–H groups in total. The molecule has 0 amide bonds. The van der Waals surface area contributed by atoms with Gasteiger partial charge >= 0.3 is 11.9 Å². The molecule has 2 aliphatic rings. The van der Waals surface area contributed by atoms with Gasteiger partial charge in [0.25, 0.3) is 0 Å². The lowest BCUT2D eigenvalue weighted by Gasteiger charge is -2.61. The van der Waals surface area contributed by atoms with Gasteiger partial charge < -0.3 is 10.2 Å². The topological polar surface area (TPSA) is 81.1 Å². The smallest absolute Gasteiger partial charge is 0.310 e. The second-order valence-electron chi connectivity index (χ2n) is 12.8. The highest BCUT2D eigenvalue weighted by atomic mass is 16.4. The molecule has 0 aromatic carbocycles. The Hall–Kier alpha value is -1.14. The van der Waals surface area contributed by atoms with E-state index in [0.29, 0.717) is 0 Å². The molecule has 6 heteroatoms. The van der Waals surface area contributed by atoms with Gasteiger partial charge in [0, 0.05) is 28.6 Å². The van der Waals surface area contributed by atoms with E-state index in [1.807, 2.05) is 0 Å². The van der Waals surface area contributed by atoms with Crippen molar-refractivity contribution in [1.82, 2.24) is 9.80 Å². The van der Waals surface area contributed by atoms with E-state index in [0.717, 1.165) is 25.7 Å². The highest BCUT2D eigenvalue weighted by molar-refractivity contribution is 5.77. The van der Waals surface area contributed by atoms with Crippen LogP contribution in [0.5, 0.6) is 0 Å². The van der Waals surface area contributed by atoms with Crippen LogP contribution in [0.2, 0.25) is 0 Å². The lowest BCUT2D eigenvalue weighted by molar-refractivity contribution is -0.177. The van der Waals surface area contributed by atoms with E-state index in [2.05, 4.69) is 79.3 Å². The third-order valence-corrected chi connectivity index (χ3v) is 9.22. The van der Waals surface area contributed by atoms with Gasteiger partial charge in [-0.05, 0) is 113 Å². The van der Waals surface area contributed by atoms with E-state index in [9.17, 15) is 19.8 Å². The third-order valence-electron chi connectivity index (χ3n) is 9.22. The summed E-state index contributed by atoms with van der Waals surface area (Å²) in [5.41, 5.74) is -1.69. The average molecular weight is 439 g/mol. The van der Waals surface area contributed by atoms with Crippen LogP contribution in [0.4, 0.5) is 0 Å². The molecule has 0 aromatic rings. The summed E-state index contributed by atoms with van der Waals surface area (Å²) in [6.45, 7) is 17.5. The quantitative estimate of drug-likeness (QED) is 0.624. The molecule has 2 heterocycles. The zero-order valence-electron chi connectivity index (χ0n) is 21.5. The number of nitrogens with zero attached hydrogens (tertiary/aromatic N) is 2. The number of carbonyl (C=O) groups is 2. The number of aliphatic carboxylic acids is 2. The maximum Gasteiger partial charge on any atom is 0.310 e. The second kappa shape index (κ2) is 8.02. The summed E-state index contributed by atoms with van der Waals surface area (Å²) >= 11 is 0. The molecule has 180 valence electrons. The van der Waals surface area contributed by atoms with Gasteiger partial charge in [0.05, 0.1) is 5.41 Å². The predicted octanol–water partition coefficient (Wildman–Crippen LogP) is 4.72. The first-order chi connectivity index (χ1) is 13.8. The van der Waals surface area contributed by atoms with Crippen molar-refractivity contribution in [3.05, 3.63) is 0 Å². The van der Waals surface area contributed by atoms with E-state index < -0.39 is 17.4 Å². The summed E-state index contributed by atoms with van der Waals surface area (Å²) in [6.07, 6.45) is 3.11. The van der Waals surface area contributed by atoms with Crippen LogP contribution in [0.15, 0.2) is 0 Å². The minimum absolute atomic E-state index is 0.0782. The van der Waals surface area contributed by atoms with Gasteiger partial charge in [0.2, 0.25) is 0 Å². The fourth-order valence-electron chi connectivity index (χ4n) is 6.98. The number of carboxylic acid groups (broad SMARTS) is 2. The fourth-order valence-corrected chi connectivity index (χ4v) is 6.98. The maximum atomic E-state index is 13.2. The number of likely N-dealkylation sites (tertiary alicyclic amines) is 2. The maximum absolute atomic E-state index is 13.2. The molecule has 0 atom stereocenters. The van der Waals surface area contributed by atoms with E-state index in [4.69, 9.17) is 0 Å². The highest BCUT2D eigenvalue weighted by Crippen LogP contribution is 2.57. The number of hydrogen-bond donors (Lipinski definition) is 2. The van der Waals surface area contributed by atoms with Crippen molar-refractivity contribution < 1.29 is 19.8 Å². The molecule has 6 nitrogen and oxygen atoms in total. The molecule has 0 aliphatic carbocycles. The Bertz CT molecular complexity index is 632. The number of carboxylic acids is 2. The van der Waals surface area contributed by atoms with Crippen molar-refractivity contribution in [3.63, 3.8) is 0 Å². The van der Waals surface area contributed by atoms with E-state index in [1.165, 1.54) is 0 Å². The Kier molecular flexibility index (Phi) is 6.75. The zero-order chi connectivity index (χ0) is 24.2. The van der Waals surface area contributed by atoms with Crippen molar-refractivity contribution in [2.75, 3.05) is 14.1 Å². The van der Waals surface area contributed by atoms with Crippen LogP contribution in [0, 0.1) is 17.3 Å². The normalized spacial score (nSPS) is 27.2. The van der Waals surface area contributed by atoms with Gasteiger partial charge in [0.15, 0.2) is 0 Å². The van der Waals surface area contributed by atoms with E-state index in [1.54, 1.807) is 0 Å². The molecule has 31 heavy (non-hydrogen) atoms. The molecular weight excluding hydrogens is 392 g/mol. The lowest BCUT2D eigenvalue weighted by atomic mass is 9.52. The highest BCUT2D eigenvalue weighted by Gasteiger charge is 2.60. The number of hydrogen-bond acceptors (Lipinski definition) is 4. The Morgan fingerprint density at radius 1 is 0.742 bits per heavy atom. The summed E-state index contributed by atoms with van der Waals surface area (Å²) in [6, 6.07) is 0. The lowest BCUT2D eigenvalue weighted by Crippen LogP contribution is -2.66. The number of rotatable bonds is 6. The molecule has 0 bridgehead atoms. The first-order valence-corrected chi connectivity index (χ1v) is 11.7. The van der Waals surface area contributed by atoms with Gasteiger partial charge in [-0.15, -0.1) is 0 Å². The molecule has 0 spiro atoms. The third kappa shape index (κ3) is 4.66. The van der Waals surface area contributed by atoms with Crippen LogP contribution < -0.4 is 0 Å². The Labute approximate surface area is 189 Å². The first kappa shape index (κ1) is 26.1. The Morgan fingerprint density at radius 2 is 1.03 bits per heavy atom. The summed E-state index contributed by atoms with van der Waals surface area (Å²) in [5.74, 6) is -1.88. The van der Waals surface area contributed by atoms with Crippen molar-refractivity contribution in [1.29, 1.82) is 0 Å². The van der Waals surface area contributed by atoms with Crippen LogP contribution >= 0.6 is 0 Å². The minimum Gasteiger partial charge on any atom is -0.481 e. The van der Waals surface area contributed by atoms with Crippen LogP contribution in [-0.2, 0) is 9.59 Å². The van der Waals surface area contributed by atoms with Crippen LogP contribution in [0.1, 0.15) is 93.9 Å². The Morgan fingerprint density at radius 3 is 1.26 bits per heavy atom. The van der Waals surface area contributed by atoms with Crippen molar-refractivity contribution in [2.45, 2.75) is 116 Å². The van der Waals surface area contributed by atoms with Gasteiger partial charge in [0.1, 0.15) is 0 Å². The minimum atomic E-state index is -1.05. The molecule has 0 radical (unpaired) electrons. The predicted molar refractivity (Wildman–Crippen MR) is 124 cm³/mol. The SMILES string of the molecule is CN1C(C)(C)CC(C(CCC(=O)O)(C(=O)O)C2CC(C)(C)N(C)C(C)(C)C2)CC1(C)C. The summed E-state index contributed by atoms with van der Waals surface area (Å²) < 4.78 is 0.